The smallest absolute Gasteiger partial charge is 0.0715 e. The second kappa shape index (κ2) is 81.5. The second-order valence-corrected chi connectivity index (χ2v) is 26.7. The van der Waals surface area contributed by atoms with Crippen molar-refractivity contribution in [1.82, 2.24) is 40.9 Å². The molecule has 0 saturated carbocycles. The van der Waals surface area contributed by atoms with E-state index in [-0.39, 0.29) is 376 Å². The van der Waals surface area contributed by atoms with Crippen LogP contribution in [0.15, 0.2) is 0 Å². The molecule has 0 aromatic rings. The normalized spacial score (nSPS) is 13.7. The maximum absolute atomic E-state index is 9.65. The fraction of sp³-hybridized carbons (Fsp3) is 1.00. The summed E-state index contributed by atoms with van der Waals surface area (Å²) in [6.45, 7) is 58.6. The van der Waals surface area contributed by atoms with Gasteiger partial charge in [-0.25, -0.2) is 0 Å². The van der Waals surface area contributed by atoms with Crippen molar-refractivity contribution < 1.29 is 346 Å². The SMILES string of the molecule is CC(C)C(O)CN(C)C.CCN(C)CC(O)C(C)(C)C.CCN(C)CC(O)C(C)C.CCNCC(O)C(C)(C)C.CCNCC(O)C(C)C.CN(C)CC(O)C(C)(C)C.CNCC(O)C(C)(C)C.CNCC(O)C(C)C.[Dy].[Dy].[Dy].[Dy].[Dy].[Dy].[Dy].[Dy]. The number of rotatable bonds is 24. The fourth-order valence-corrected chi connectivity index (χ4v) is 4.62. The van der Waals surface area contributed by atoms with E-state index in [0.29, 0.717) is 49.9 Å². The van der Waals surface area contributed by atoms with E-state index in [1.165, 1.54) is 0 Å². The molecule has 0 aliphatic carbocycles. The average molecular weight is 2410 g/mol. The summed E-state index contributed by atoms with van der Waals surface area (Å²) >= 11 is 0. The average Bonchev–Trinajstić information content (AvgIpc) is 3.27. The van der Waals surface area contributed by atoms with Gasteiger partial charge in [0.1, 0.15) is 0 Å². The van der Waals surface area contributed by atoms with Crippen LogP contribution in [0.3, 0.4) is 0 Å². The van der Waals surface area contributed by atoms with Gasteiger partial charge in [0.25, 0.3) is 0 Å². The summed E-state index contributed by atoms with van der Waals surface area (Å²) in [5.74, 6) is 1.47. The number of hydrogen-bond donors (Lipinski definition) is 12. The van der Waals surface area contributed by atoms with Gasteiger partial charge >= 0.3 is 0 Å². The Bertz CT molecular complexity index is 1200. The summed E-state index contributed by atoms with van der Waals surface area (Å²) < 4.78 is 0. The minimum absolute atomic E-state index is 0. The molecule has 0 radical (unpaired) electrons. The Hall–Kier alpha value is 9.54. The number of nitrogens with zero attached hydrogens (tertiary/aromatic N) is 4. The van der Waals surface area contributed by atoms with Crippen molar-refractivity contribution in [3.05, 3.63) is 0 Å². The first-order valence-electron chi connectivity index (χ1n) is 29.0. The summed E-state index contributed by atoms with van der Waals surface area (Å²) in [4.78, 5) is 8.22. The Morgan fingerprint density at radius 2 is 0.548 bits per heavy atom. The zero-order valence-corrected chi connectivity index (χ0v) is 75.5. The van der Waals surface area contributed by atoms with E-state index in [9.17, 15) is 35.7 Å². The van der Waals surface area contributed by atoms with Crippen molar-refractivity contribution in [1.29, 1.82) is 0 Å². The topological polar surface area (TPSA) is 223 Å². The summed E-state index contributed by atoms with van der Waals surface area (Å²) in [6.07, 6.45) is -1.69. The third-order valence-electron chi connectivity index (χ3n) is 12.2. The molecule has 552 valence electrons. The van der Waals surface area contributed by atoms with Gasteiger partial charge in [-0.3, -0.25) is 0 Å². The van der Waals surface area contributed by atoms with Gasteiger partial charge in [0.15, 0.2) is 0 Å². The molecule has 0 aromatic carbocycles. The number of nitrogens with one attached hydrogen (secondary N) is 4. The fourth-order valence-electron chi connectivity index (χ4n) is 4.62. The maximum atomic E-state index is 9.65. The number of aliphatic hydroxyl groups is 8. The number of likely N-dealkylation sites (N-methyl/N-ethyl adjacent to an activating group) is 8. The summed E-state index contributed by atoms with van der Waals surface area (Å²) in [6, 6.07) is 0. The van der Waals surface area contributed by atoms with Crippen LogP contribution in [0.4, 0.5) is 0 Å². The molecule has 0 heterocycles. The van der Waals surface area contributed by atoms with E-state index < -0.39 is 0 Å². The molecular weight excluding hydrogens is 2260 g/mol. The van der Waals surface area contributed by atoms with E-state index in [2.05, 4.69) is 65.7 Å². The van der Waals surface area contributed by atoms with Gasteiger partial charge in [0, 0.05) is 358 Å². The molecule has 0 aromatic heterocycles. The molecule has 0 aliphatic heterocycles. The standard InChI is InChI=1S/C9H21NO.3C8H19NO.3C7H17NO.C6H15NO.8Dy/c1-6-10(5)7-8(11)9(2,3)4;1-8(2,3)7(10)6-9(4)5;1-5-9-6-7(10)8(2,3)4;1-5-9(4)6-8(10)7(2)3;1-7(2,3)6(9)5-8-4;1-6(2)7(9)5-8(3)4;1-4-8-5-7(9)6(2)3;1-5(2)6(8)4-7-3;;;;;;;;/h8,11H,6-7H2,1-5H3;7,10H,6H2,1-5H3;7,9-10H,5-6H2,1-4H3;7-8,10H,5-6H2,1-4H3;6,8-9H,5H2,1-4H3;6-7,9H,5H2,1-4H3;6-9H,4-5H2,1-3H3;5-8H,4H2,1-3H3;;;;;;;;. The molecular formula is C60H144Dy8N8O8. The zero-order chi connectivity index (χ0) is 62.6. The summed E-state index contributed by atoms with van der Waals surface area (Å²) in [7, 11) is 15.6. The largest absolute Gasteiger partial charge is 0.392 e. The Balaban J connectivity index is -0.0000000444. The first-order valence-corrected chi connectivity index (χ1v) is 29.0. The van der Waals surface area contributed by atoms with E-state index in [4.69, 9.17) is 5.11 Å². The zero-order valence-electron chi connectivity index (χ0n) is 59.3. The number of aliphatic hydroxyl groups excluding tert-OH is 8. The minimum atomic E-state index is -0.248. The van der Waals surface area contributed by atoms with E-state index in [1.54, 1.807) is 0 Å². The van der Waals surface area contributed by atoms with Gasteiger partial charge in [-0.15, -0.1) is 0 Å². The first-order chi connectivity index (χ1) is 34.1. The van der Waals surface area contributed by atoms with Crippen molar-refractivity contribution >= 4 is 0 Å². The predicted molar refractivity (Wildman–Crippen MR) is 334 cm³/mol. The quantitative estimate of drug-likeness (QED) is 0.0512. The van der Waals surface area contributed by atoms with Crippen LogP contribution in [-0.4, -0.2) is 244 Å². The summed E-state index contributed by atoms with van der Waals surface area (Å²) in [5, 5.41) is 86.8. The molecule has 8 unspecified atom stereocenters. The van der Waals surface area contributed by atoms with E-state index in [1.807, 2.05) is 198 Å². The van der Waals surface area contributed by atoms with Gasteiger partial charge in [0.2, 0.25) is 0 Å². The molecule has 84 heavy (non-hydrogen) atoms. The van der Waals surface area contributed by atoms with Crippen molar-refractivity contribution in [2.24, 2.45) is 45.3 Å². The Kier molecular flexibility index (Phi) is 129. The number of hydrogen-bond acceptors (Lipinski definition) is 16. The molecule has 16 nitrogen and oxygen atoms in total. The van der Waals surface area contributed by atoms with E-state index in [0.717, 1.165) is 52.4 Å². The van der Waals surface area contributed by atoms with Gasteiger partial charge in [-0.2, -0.15) is 0 Å². The molecule has 8 atom stereocenters. The second-order valence-electron chi connectivity index (χ2n) is 26.7. The summed E-state index contributed by atoms with van der Waals surface area (Å²) in [5.41, 5.74) is 0.0128. The van der Waals surface area contributed by atoms with Crippen LogP contribution in [0, 0.1) is 351 Å². The van der Waals surface area contributed by atoms with Crippen molar-refractivity contribution in [3.8, 4) is 0 Å². The maximum Gasteiger partial charge on any atom is 0.0715 e. The minimum Gasteiger partial charge on any atom is -0.392 e. The molecule has 0 saturated heterocycles. The van der Waals surface area contributed by atoms with Crippen LogP contribution in [0.5, 0.6) is 0 Å². The first kappa shape index (κ1) is 133. The van der Waals surface area contributed by atoms with Gasteiger partial charge in [0.05, 0.1) is 48.8 Å². The molecule has 0 rings (SSSR count). The van der Waals surface area contributed by atoms with Crippen LogP contribution in [-0.2, 0) is 0 Å². The van der Waals surface area contributed by atoms with Gasteiger partial charge in [-0.1, -0.05) is 166 Å². The predicted octanol–water partition coefficient (Wildman–Crippen LogP) is 6.27. The van der Waals surface area contributed by atoms with Crippen LogP contribution in [0.25, 0.3) is 0 Å². The van der Waals surface area contributed by atoms with E-state index >= 15 is 0 Å². The molecule has 0 spiro atoms. The Morgan fingerprint density at radius 3 is 0.738 bits per heavy atom. The Labute approximate surface area is 767 Å². The van der Waals surface area contributed by atoms with Crippen molar-refractivity contribution in [3.63, 3.8) is 0 Å². The molecule has 24 heteroatoms. The van der Waals surface area contributed by atoms with Crippen LogP contribution < -0.4 is 21.3 Å². The molecule has 0 amide bonds. The third-order valence-corrected chi connectivity index (χ3v) is 12.2. The molecule has 0 aliphatic rings. The van der Waals surface area contributed by atoms with Crippen LogP contribution in [0.1, 0.15) is 166 Å². The van der Waals surface area contributed by atoms with Crippen molar-refractivity contribution in [2.75, 3.05) is 135 Å². The van der Waals surface area contributed by atoms with Gasteiger partial charge in [-0.05, 0) is 128 Å². The monoisotopic (exact) mass is 2420 g/mol. The van der Waals surface area contributed by atoms with Crippen LogP contribution >= 0.6 is 0 Å². The van der Waals surface area contributed by atoms with Crippen molar-refractivity contribution in [2.45, 2.75) is 215 Å². The molecule has 0 fully saturated rings. The molecule has 12 N–H and O–H groups in total. The van der Waals surface area contributed by atoms with Gasteiger partial charge < -0.3 is 81.7 Å². The third kappa shape index (κ3) is 108. The molecule has 0 bridgehead atoms. The van der Waals surface area contributed by atoms with Crippen LogP contribution in [0.2, 0.25) is 0 Å². The Morgan fingerprint density at radius 1 is 0.310 bits per heavy atom.